The van der Waals surface area contributed by atoms with Gasteiger partial charge >= 0.3 is 6.18 Å². The largest absolute Gasteiger partial charge is 0.416 e. The Hall–Kier alpha value is -1.36. The number of Topliss-reactive ketones (excluding diaryl/α,β-unsaturated/α-hetero) is 1. The van der Waals surface area contributed by atoms with Gasteiger partial charge in [0.15, 0.2) is 5.78 Å². The van der Waals surface area contributed by atoms with Crippen molar-refractivity contribution in [2.24, 2.45) is 11.1 Å². The van der Waals surface area contributed by atoms with E-state index in [0.717, 1.165) is 37.8 Å². The molecule has 0 unspecified atom stereocenters. The quantitative estimate of drug-likeness (QED) is 0.856. The molecule has 104 valence electrons. The summed E-state index contributed by atoms with van der Waals surface area (Å²) in [4.78, 5) is 12.4. The highest BCUT2D eigenvalue weighted by atomic mass is 19.4. The fourth-order valence-corrected chi connectivity index (χ4v) is 2.69. The Morgan fingerprint density at radius 1 is 1.16 bits per heavy atom. The van der Waals surface area contributed by atoms with Gasteiger partial charge in [-0.2, -0.15) is 13.2 Å². The molecule has 2 N–H and O–H groups in total. The standard InChI is InChI=1S/C14H16F3NO/c15-14(16,17)11-5-3-10(4-6-11)12(19)13(9-18)7-1-2-8-13/h3-6H,1-2,7-9,18H2. The van der Waals surface area contributed by atoms with Crippen LogP contribution >= 0.6 is 0 Å². The lowest BCUT2D eigenvalue weighted by atomic mass is 9.79. The maximum atomic E-state index is 12.5. The van der Waals surface area contributed by atoms with E-state index in [4.69, 9.17) is 5.73 Å². The van der Waals surface area contributed by atoms with Gasteiger partial charge < -0.3 is 5.73 Å². The van der Waals surface area contributed by atoms with Gasteiger partial charge in [-0.05, 0) is 25.0 Å². The second kappa shape index (κ2) is 4.96. The fourth-order valence-electron chi connectivity index (χ4n) is 2.69. The van der Waals surface area contributed by atoms with Gasteiger partial charge in [-0.15, -0.1) is 0 Å². The van der Waals surface area contributed by atoms with Crippen molar-refractivity contribution in [3.63, 3.8) is 0 Å². The summed E-state index contributed by atoms with van der Waals surface area (Å²) < 4.78 is 37.4. The molecule has 1 saturated carbocycles. The number of hydrogen-bond donors (Lipinski definition) is 1. The molecule has 0 amide bonds. The zero-order valence-electron chi connectivity index (χ0n) is 10.5. The normalized spacial score (nSPS) is 18.5. The summed E-state index contributed by atoms with van der Waals surface area (Å²) in [6.45, 7) is 0.257. The molecule has 1 aromatic carbocycles. The monoisotopic (exact) mass is 271 g/mol. The lowest BCUT2D eigenvalue weighted by Crippen LogP contribution is -2.36. The summed E-state index contributed by atoms with van der Waals surface area (Å²) in [7, 11) is 0. The first-order valence-electron chi connectivity index (χ1n) is 6.31. The van der Waals surface area contributed by atoms with E-state index in [0.29, 0.717) is 5.56 Å². The van der Waals surface area contributed by atoms with Crippen LogP contribution in [0.15, 0.2) is 24.3 Å². The van der Waals surface area contributed by atoms with E-state index < -0.39 is 17.2 Å². The summed E-state index contributed by atoms with van der Waals surface area (Å²) in [5, 5.41) is 0. The van der Waals surface area contributed by atoms with Gasteiger partial charge in [0.25, 0.3) is 0 Å². The Balaban J connectivity index is 2.25. The molecule has 0 saturated heterocycles. The summed E-state index contributed by atoms with van der Waals surface area (Å²) in [5.74, 6) is -0.124. The van der Waals surface area contributed by atoms with Gasteiger partial charge in [-0.3, -0.25) is 4.79 Å². The van der Waals surface area contributed by atoms with Crippen LogP contribution in [-0.2, 0) is 6.18 Å². The number of nitrogens with two attached hydrogens (primary N) is 1. The van der Waals surface area contributed by atoms with Crippen LogP contribution in [0, 0.1) is 5.41 Å². The lowest BCUT2D eigenvalue weighted by molar-refractivity contribution is -0.137. The van der Waals surface area contributed by atoms with E-state index in [2.05, 4.69) is 0 Å². The first-order valence-corrected chi connectivity index (χ1v) is 6.31. The summed E-state index contributed by atoms with van der Waals surface area (Å²) in [6.07, 6.45) is -1.03. The molecule has 0 aromatic heterocycles. The van der Waals surface area contributed by atoms with Crippen LogP contribution in [0.1, 0.15) is 41.6 Å². The Morgan fingerprint density at radius 2 is 1.68 bits per heavy atom. The van der Waals surface area contributed by atoms with Crippen molar-refractivity contribution >= 4 is 5.78 Å². The molecule has 0 aliphatic heterocycles. The lowest BCUT2D eigenvalue weighted by Gasteiger charge is -2.25. The number of rotatable bonds is 3. The minimum absolute atomic E-state index is 0.124. The molecule has 5 heteroatoms. The van der Waals surface area contributed by atoms with Crippen molar-refractivity contribution in [2.45, 2.75) is 31.9 Å². The van der Waals surface area contributed by atoms with Crippen LogP contribution in [-0.4, -0.2) is 12.3 Å². The molecule has 1 aliphatic carbocycles. The van der Waals surface area contributed by atoms with Crippen molar-refractivity contribution in [1.29, 1.82) is 0 Å². The number of hydrogen-bond acceptors (Lipinski definition) is 2. The third-order valence-corrected chi connectivity index (χ3v) is 3.91. The Labute approximate surface area is 109 Å². The van der Waals surface area contributed by atoms with E-state index in [-0.39, 0.29) is 12.3 Å². The number of alkyl halides is 3. The SMILES string of the molecule is NCC1(C(=O)c2ccc(C(F)(F)F)cc2)CCCC1. The zero-order valence-corrected chi connectivity index (χ0v) is 10.5. The molecule has 0 bridgehead atoms. The van der Waals surface area contributed by atoms with Crippen molar-refractivity contribution < 1.29 is 18.0 Å². The number of ketones is 1. The van der Waals surface area contributed by atoms with Gasteiger partial charge in [0.2, 0.25) is 0 Å². The molecular weight excluding hydrogens is 255 g/mol. The topological polar surface area (TPSA) is 43.1 Å². The highest BCUT2D eigenvalue weighted by molar-refractivity contribution is 6.00. The van der Waals surface area contributed by atoms with Gasteiger partial charge in [-0.25, -0.2) is 0 Å². The van der Waals surface area contributed by atoms with E-state index >= 15 is 0 Å². The van der Waals surface area contributed by atoms with Crippen LogP contribution in [0.2, 0.25) is 0 Å². The highest BCUT2D eigenvalue weighted by Crippen LogP contribution is 2.40. The van der Waals surface area contributed by atoms with Crippen LogP contribution in [0.5, 0.6) is 0 Å². The zero-order chi connectivity index (χ0) is 14.1. The molecule has 1 aliphatic rings. The smallest absolute Gasteiger partial charge is 0.329 e. The fraction of sp³-hybridized carbons (Fsp3) is 0.500. The van der Waals surface area contributed by atoms with Gasteiger partial charge in [0.1, 0.15) is 0 Å². The summed E-state index contributed by atoms with van der Waals surface area (Å²) in [6, 6.07) is 4.40. The molecule has 19 heavy (non-hydrogen) atoms. The predicted octanol–water partition coefficient (Wildman–Crippen LogP) is 3.41. The van der Waals surface area contributed by atoms with Crippen LogP contribution < -0.4 is 5.73 Å². The Bertz CT molecular complexity index is 459. The number of halogens is 3. The van der Waals surface area contributed by atoms with Crippen LogP contribution in [0.25, 0.3) is 0 Å². The Kier molecular flexibility index (Phi) is 3.67. The summed E-state index contributed by atoms with van der Waals surface area (Å²) >= 11 is 0. The molecule has 2 rings (SSSR count). The minimum Gasteiger partial charge on any atom is -0.329 e. The molecule has 1 aromatic rings. The molecule has 0 atom stereocenters. The molecule has 0 radical (unpaired) electrons. The van der Waals surface area contributed by atoms with E-state index in [1.165, 1.54) is 12.1 Å². The third-order valence-electron chi connectivity index (χ3n) is 3.91. The average molecular weight is 271 g/mol. The predicted molar refractivity (Wildman–Crippen MR) is 65.7 cm³/mol. The Morgan fingerprint density at radius 3 is 2.11 bits per heavy atom. The average Bonchev–Trinajstić information content (AvgIpc) is 2.87. The summed E-state index contributed by atoms with van der Waals surface area (Å²) in [5.41, 5.74) is 4.72. The van der Waals surface area contributed by atoms with E-state index in [9.17, 15) is 18.0 Å². The molecular formula is C14H16F3NO. The van der Waals surface area contributed by atoms with Gasteiger partial charge in [0, 0.05) is 17.5 Å². The van der Waals surface area contributed by atoms with Gasteiger partial charge in [0.05, 0.1) is 5.56 Å². The third kappa shape index (κ3) is 2.66. The second-order valence-electron chi connectivity index (χ2n) is 5.10. The van der Waals surface area contributed by atoms with Gasteiger partial charge in [-0.1, -0.05) is 25.0 Å². The van der Waals surface area contributed by atoms with Crippen molar-refractivity contribution in [1.82, 2.24) is 0 Å². The highest BCUT2D eigenvalue weighted by Gasteiger charge is 2.40. The maximum absolute atomic E-state index is 12.5. The van der Waals surface area contributed by atoms with E-state index in [1.54, 1.807) is 0 Å². The first kappa shape index (κ1) is 14.1. The van der Waals surface area contributed by atoms with Crippen LogP contribution in [0.3, 0.4) is 0 Å². The first-order chi connectivity index (χ1) is 8.89. The molecule has 0 spiro atoms. The minimum atomic E-state index is -4.37. The molecule has 1 fully saturated rings. The second-order valence-corrected chi connectivity index (χ2v) is 5.10. The van der Waals surface area contributed by atoms with Crippen molar-refractivity contribution in [2.75, 3.05) is 6.54 Å². The number of carbonyl (C=O) groups excluding carboxylic acids is 1. The van der Waals surface area contributed by atoms with E-state index in [1.807, 2.05) is 0 Å². The molecule has 2 nitrogen and oxygen atoms in total. The van der Waals surface area contributed by atoms with Crippen molar-refractivity contribution in [3.8, 4) is 0 Å². The number of carbonyl (C=O) groups is 1. The maximum Gasteiger partial charge on any atom is 0.416 e. The number of benzene rings is 1. The van der Waals surface area contributed by atoms with Crippen LogP contribution in [0.4, 0.5) is 13.2 Å². The molecule has 0 heterocycles. The van der Waals surface area contributed by atoms with Crippen molar-refractivity contribution in [3.05, 3.63) is 35.4 Å².